The summed E-state index contributed by atoms with van der Waals surface area (Å²) in [5.41, 5.74) is 3.37. The Morgan fingerprint density at radius 1 is 1.08 bits per heavy atom. The quantitative estimate of drug-likeness (QED) is 0.851. The van der Waals surface area contributed by atoms with Crippen LogP contribution in [0, 0.1) is 0 Å². The molecule has 5 heteroatoms. The summed E-state index contributed by atoms with van der Waals surface area (Å²) >= 11 is 0. The lowest BCUT2D eigenvalue weighted by molar-refractivity contribution is -0.00654. The third-order valence-corrected chi connectivity index (χ3v) is 5.09. The van der Waals surface area contributed by atoms with Crippen molar-refractivity contribution in [2.24, 2.45) is 0 Å². The van der Waals surface area contributed by atoms with Crippen molar-refractivity contribution >= 4 is 6.09 Å². The Bertz CT molecular complexity index is 790. The highest BCUT2D eigenvalue weighted by Crippen LogP contribution is 2.45. The molecule has 0 aliphatic carbocycles. The van der Waals surface area contributed by atoms with E-state index in [0.717, 1.165) is 29.7 Å². The van der Waals surface area contributed by atoms with Crippen LogP contribution < -0.4 is 9.47 Å². The molecular weight excluding hydrogens is 318 g/mol. The predicted octanol–water partition coefficient (Wildman–Crippen LogP) is 3.88. The number of cyclic esters (lactones) is 1. The van der Waals surface area contributed by atoms with Crippen LogP contribution in [-0.2, 0) is 11.2 Å². The molecule has 0 N–H and O–H groups in total. The smallest absolute Gasteiger partial charge is 0.410 e. The summed E-state index contributed by atoms with van der Waals surface area (Å²) in [7, 11) is 3.27. The zero-order valence-electron chi connectivity index (χ0n) is 14.4. The maximum absolute atomic E-state index is 12.5. The van der Waals surface area contributed by atoms with Gasteiger partial charge in [-0.15, -0.1) is 0 Å². The molecule has 2 aliphatic heterocycles. The van der Waals surface area contributed by atoms with E-state index in [9.17, 15) is 4.79 Å². The minimum atomic E-state index is -0.245. The molecule has 0 spiro atoms. The van der Waals surface area contributed by atoms with Gasteiger partial charge in [0.25, 0.3) is 0 Å². The second-order valence-corrected chi connectivity index (χ2v) is 6.38. The van der Waals surface area contributed by atoms with E-state index in [2.05, 4.69) is 0 Å². The van der Waals surface area contributed by atoms with Crippen LogP contribution in [0.4, 0.5) is 4.79 Å². The molecule has 0 saturated carbocycles. The maximum atomic E-state index is 12.5. The Balaban J connectivity index is 1.72. The molecule has 130 valence electrons. The lowest BCUT2D eigenvalue weighted by atomic mass is 9.87. The molecule has 2 aromatic carbocycles. The Morgan fingerprint density at radius 3 is 2.52 bits per heavy atom. The molecule has 0 radical (unpaired) electrons. The van der Waals surface area contributed by atoms with E-state index in [1.165, 1.54) is 5.56 Å². The van der Waals surface area contributed by atoms with Crippen LogP contribution in [-0.4, -0.2) is 31.8 Å². The van der Waals surface area contributed by atoms with Crippen molar-refractivity contribution in [3.8, 4) is 11.5 Å². The number of hydrogen-bond acceptors (Lipinski definition) is 4. The van der Waals surface area contributed by atoms with Crippen molar-refractivity contribution in [3.05, 3.63) is 59.2 Å². The van der Waals surface area contributed by atoms with Crippen molar-refractivity contribution in [2.45, 2.75) is 25.0 Å². The second kappa shape index (κ2) is 6.31. The van der Waals surface area contributed by atoms with Gasteiger partial charge in [-0.1, -0.05) is 30.3 Å². The van der Waals surface area contributed by atoms with E-state index < -0.39 is 0 Å². The Labute approximate surface area is 147 Å². The van der Waals surface area contributed by atoms with Gasteiger partial charge in [-0.3, -0.25) is 0 Å². The predicted molar refractivity (Wildman–Crippen MR) is 93.0 cm³/mol. The molecule has 0 bridgehead atoms. The molecule has 4 rings (SSSR count). The van der Waals surface area contributed by atoms with Gasteiger partial charge in [0.2, 0.25) is 0 Å². The zero-order valence-corrected chi connectivity index (χ0v) is 14.4. The summed E-state index contributed by atoms with van der Waals surface area (Å²) in [4.78, 5) is 14.4. The molecule has 2 aliphatic rings. The normalized spacial score (nSPS) is 21.8. The number of rotatable bonds is 3. The van der Waals surface area contributed by atoms with E-state index in [-0.39, 0.29) is 18.2 Å². The first kappa shape index (κ1) is 15.8. The molecule has 25 heavy (non-hydrogen) atoms. The van der Waals surface area contributed by atoms with Crippen LogP contribution in [0.1, 0.15) is 35.3 Å². The molecule has 5 nitrogen and oxygen atoms in total. The monoisotopic (exact) mass is 339 g/mol. The minimum absolute atomic E-state index is 0.00462. The van der Waals surface area contributed by atoms with Crippen molar-refractivity contribution in [2.75, 3.05) is 20.8 Å². The van der Waals surface area contributed by atoms with Crippen molar-refractivity contribution < 1.29 is 19.0 Å². The first-order valence-corrected chi connectivity index (χ1v) is 8.48. The SMILES string of the molecule is COc1cc2c(cc1OC)[C@H]1C[C@H](c3ccccc3)OC(=O)N1CC2. The third kappa shape index (κ3) is 2.69. The number of fused-ring (bicyclic) bond motifs is 3. The van der Waals surface area contributed by atoms with Crippen molar-refractivity contribution in [3.63, 3.8) is 0 Å². The fourth-order valence-corrected chi connectivity index (χ4v) is 3.81. The van der Waals surface area contributed by atoms with Crippen LogP contribution in [0.15, 0.2) is 42.5 Å². The van der Waals surface area contributed by atoms with Gasteiger partial charge < -0.3 is 19.1 Å². The molecule has 2 aromatic rings. The molecule has 1 fully saturated rings. The number of hydrogen-bond donors (Lipinski definition) is 0. The number of methoxy groups -OCH3 is 2. The number of benzene rings is 2. The number of carbonyl (C=O) groups is 1. The Hall–Kier alpha value is -2.69. The van der Waals surface area contributed by atoms with Gasteiger partial charge >= 0.3 is 6.09 Å². The van der Waals surface area contributed by atoms with Gasteiger partial charge in [-0.05, 0) is 35.2 Å². The number of amides is 1. The highest BCUT2D eigenvalue weighted by molar-refractivity contribution is 5.71. The van der Waals surface area contributed by atoms with Crippen LogP contribution >= 0.6 is 0 Å². The summed E-state index contributed by atoms with van der Waals surface area (Å²) in [5, 5.41) is 0. The van der Waals surface area contributed by atoms with Crippen LogP contribution in [0.5, 0.6) is 11.5 Å². The molecule has 0 unspecified atom stereocenters. The first-order valence-electron chi connectivity index (χ1n) is 8.48. The summed E-state index contributed by atoms with van der Waals surface area (Å²) < 4.78 is 16.6. The lowest BCUT2D eigenvalue weighted by Gasteiger charge is -2.43. The summed E-state index contributed by atoms with van der Waals surface area (Å²) in [5.74, 6) is 1.42. The summed E-state index contributed by atoms with van der Waals surface area (Å²) in [6.07, 6.45) is 1.05. The first-order chi connectivity index (χ1) is 12.2. The van der Waals surface area contributed by atoms with Gasteiger partial charge in [0.15, 0.2) is 11.5 Å². The average molecular weight is 339 g/mol. The lowest BCUT2D eigenvalue weighted by Crippen LogP contribution is -2.45. The molecular formula is C20H21NO4. The van der Waals surface area contributed by atoms with E-state index >= 15 is 0 Å². The maximum Gasteiger partial charge on any atom is 0.410 e. The topological polar surface area (TPSA) is 48.0 Å². The van der Waals surface area contributed by atoms with Gasteiger partial charge in [-0.25, -0.2) is 4.79 Å². The second-order valence-electron chi connectivity index (χ2n) is 6.38. The van der Waals surface area contributed by atoms with E-state index in [4.69, 9.17) is 14.2 Å². The molecule has 2 heterocycles. The highest BCUT2D eigenvalue weighted by atomic mass is 16.6. The van der Waals surface area contributed by atoms with Gasteiger partial charge in [0.1, 0.15) is 6.10 Å². The Kier molecular flexibility index (Phi) is 3.99. The number of nitrogens with zero attached hydrogens (tertiary/aromatic N) is 1. The highest BCUT2D eigenvalue weighted by Gasteiger charge is 2.40. The summed E-state index contributed by atoms with van der Waals surface area (Å²) in [6.45, 7) is 0.660. The standard InChI is InChI=1S/C20H21NO4/c1-23-18-10-14-8-9-21-16(15(14)11-19(18)24-2)12-17(25-20(21)22)13-6-4-3-5-7-13/h3-7,10-11,16-17H,8-9,12H2,1-2H3/t16-,17-/m1/s1. The zero-order chi connectivity index (χ0) is 17.4. The largest absolute Gasteiger partial charge is 0.493 e. The molecule has 0 aromatic heterocycles. The Morgan fingerprint density at radius 2 is 1.80 bits per heavy atom. The molecule has 2 atom stereocenters. The fourth-order valence-electron chi connectivity index (χ4n) is 3.81. The van der Waals surface area contributed by atoms with Crippen LogP contribution in [0.2, 0.25) is 0 Å². The molecule has 1 amide bonds. The average Bonchev–Trinajstić information content (AvgIpc) is 2.67. The van der Waals surface area contributed by atoms with Gasteiger partial charge in [-0.2, -0.15) is 0 Å². The van der Waals surface area contributed by atoms with Crippen molar-refractivity contribution in [1.29, 1.82) is 0 Å². The number of ether oxygens (including phenoxy) is 3. The molecule has 1 saturated heterocycles. The van der Waals surface area contributed by atoms with Crippen LogP contribution in [0.3, 0.4) is 0 Å². The van der Waals surface area contributed by atoms with Crippen LogP contribution in [0.25, 0.3) is 0 Å². The van der Waals surface area contributed by atoms with E-state index in [0.29, 0.717) is 12.3 Å². The fraction of sp³-hybridized carbons (Fsp3) is 0.350. The third-order valence-electron chi connectivity index (χ3n) is 5.09. The summed E-state index contributed by atoms with van der Waals surface area (Å²) in [6, 6.07) is 14.0. The van der Waals surface area contributed by atoms with Crippen molar-refractivity contribution in [1.82, 2.24) is 4.90 Å². The minimum Gasteiger partial charge on any atom is -0.493 e. The van der Waals surface area contributed by atoms with Gasteiger partial charge in [0, 0.05) is 13.0 Å². The van der Waals surface area contributed by atoms with E-state index in [1.807, 2.05) is 47.4 Å². The van der Waals surface area contributed by atoms with E-state index in [1.54, 1.807) is 14.2 Å². The number of carbonyl (C=O) groups excluding carboxylic acids is 1. The van der Waals surface area contributed by atoms with Gasteiger partial charge in [0.05, 0.1) is 20.3 Å².